The van der Waals surface area contributed by atoms with Gasteiger partial charge in [0.1, 0.15) is 17.7 Å². The molecule has 0 fully saturated rings. The Kier molecular flexibility index (Phi) is 10.7. The summed E-state index contributed by atoms with van der Waals surface area (Å²) in [6.07, 6.45) is -0.509. The topological polar surface area (TPSA) is 87.7 Å². The number of carbonyl (C=O) groups is 3. The molecule has 0 aliphatic rings. The molecule has 0 spiro atoms. The van der Waals surface area contributed by atoms with Gasteiger partial charge in [0.15, 0.2) is 0 Å². The summed E-state index contributed by atoms with van der Waals surface area (Å²) in [7, 11) is 0. The van der Waals surface area contributed by atoms with Crippen LogP contribution in [0, 0.1) is 20.8 Å². The van der Waals surface area contributed by atoms with E-state index in [2.05, 4.69) is 10.6 Å². The summed E-state index contributed by atoms with van der Waals surface area (Å²) in [5.41, 5.74) is 3.22. The van der Waals surface area contributed by atoms with Crippen molar-refractivity contribution in [3.05, 3.63) is 99.6 Å². The number of nitrogens with one attached hydrogen (secondary N) is 2. The number of nitrogens with zero attached hydrogens (tertiary/aromatic N) is 1. The first kappa shape index (κ1) is 33.7. The highest BCUT2D eigenvalue weighted by atomic mass is 35.5. The SMILES string of the molecule is Cc1ccc(C(C(=O)Nc2c(C)cccc2Cl)N(C(=O)C(Cc2ccccc2)NC(=O)OC(C)(C)C)C(C)(C)C)cc1C. The molecule has 0 radical (unpaired) electrons. The van der Waals surface area contributed by atoms with Gasteiger partial charge in [-0.25, -0.2) is 4.79 Å². The van der Waals surface area contributed by atoms with Gasteiger partial charge >= 0.3 is 6.09 Å². The molecular weight excluding hydrogens is 562 g/mol. The van der Waals surface area contributed by atoms with E-state index in [0.717, 1.165) is 22.3 Å². The Morgan fingerprint density at radius 1 is 0.837 bits per heavy atom. The lowest BCUT2D eigenvalue weighted by atomic mass is 9.92. The van der Waals surface area contributed by atoms with Crippen LogP contribution in [0.25, 0.3) is 0 Å². The standard InChI is InChI=1S/C35H44ClN3O4/c1-22-18-19-26(20-24(22)3)30(31(40)38-29-23(2)14-13-17-27(29)36)39(34(4,5)6)32(41)28(21-25-15-11-10-12-16-25)37-33(42)43-35(7,8)9/h10-20,28,30H,21H2,1-9H3,(H,37,42)(H,38,40). The van der Waals surface area contributed by atoms with Gasteiger partial charge in [0.25, 0.3) is 5.91 Å². The third-order valence-corrected chi connectivity index (χ3v) is 7.37. The molecule has 8 heteroatoms. The van der Waals surface area contributed by atoms with Crippen LogP contribution >= 0.6 is 11.6 Å². The van der Waals surface area contributed by atoms with E-state index in [-0.39, 0.29) is 6.42 Å². The van der Waals surface area contributed by atoms with Gasteiger partial charge in [0, 0.05) is 12.0 Å². The highest BCUT2D eigenvalue weighted by Gasteiger charge is 2.42. The number of rotatable bonds is 8. The number of para-hydroxylation sites is 1. The van der Waals surface area contributed by atoms with Crippen molar-refractivity contribution >= 4 is 35.2 Å². The lowest BCUT2D eigenvalue weighted by Crippen LogP contribution is -2.58. The van der Waals surface area contributed by atoms with Gasteiger partial charge < -0.3 is 20.3 Å². The number of carbonyl (C=O) groups excluding carboxylic acids is 3. The number of alkyl carbamates (subject to hydrolysis) is 1. The maximum absolute atomic E-state index is 14.7. The fraction of sp³-hybridized carbons (Fsp3) is 0.400. The molecule has 0 aromatic heterocycles. The lowest BCUT2D eigenvalue weighted by Gasteiger charge is -2.43. The van der Waals surface area contributed by atoms with Crippen molar-refractivity contribution in [2.45, 2.75) is 92.0 Å². The molecule has 43 heavy (non-hydrogen) atoms. The monoisotopic (exact) mass is 605 g/mol. The highest BCUT2D eigenvalue weighted by molar-refractivity contribution is 6.34. The van der Waals surface area contributed by atoms with Gasteiger partial charge in [0.05, 0.1) is 10.7 Å². The number of amides is 3. The van der Waals surface area contributed by atoms with Crippen molar-refractivity contribution in [2.24, 2.45) is 0 Å². The number of benzene rings is 3. The number of hydrogen-bond donors (Lipinski definition) is 2. The van der Waals surface area contributed by atoms with Gasteiger partial charge in [-0.15, -0.1) is 0 Å². The molecule has 3 aromatic carbocycles. The van der Waals surface area contributed by atoms with E-state index in [9.17, 15) is 14.4 Å². The van der Waals surface area contributed by atoms with Gasteiger partial charge in [-0.3, -0.25) is 9.59 Å². The molecule has 0 saturated heterocycles. The number of anilines is 1. The first-order valence-electron chi connectivity index (χ1n) is 14.5. The maximum atomic E-state index is 14.7. The fourth-order valence-electron chi connectivity index (χ4n) is 4.85. The van der Waals surface area contributed by atoms with Crippen LogP contribution < -0.4 is 10.6 Å². The molecule has 0 aliphatic carbocycles. The Labute approximate surface area is 261 Å². The molecule has 0 heterocycles. The van der Waals surface area contributed by atoms with Crippen LogP contribution in [0.5, 0.6) is 0 Å². The molecule has 3 rings (SSSR count). The summed E-state index contributed by atoms with van der Waals surface area (Å²) in [5, 5.41) is 6.20. The zero-order valence-electron chi connectivity index (χ0n) is 26.7. The molecule has 2 unspecified atom stereocenters. The third kappa shape index (κ3) is 9.07. The van der Waals surface area contributed by atoms with Crippen molar-refractivity contribution in [3.63, 3.8) is 0 Å². The number of ether oxygens (including phenoxy) is 1. The second kappa shape index (κ2) is 13.6. The molecule has 2 atom stereocenters. The summed E-state index contributed by atoms with van der Waals surface area (Å²) >= 11 is 6.50. The predicted molar refractivity (Wildman–Crippen MR) is 173 cm³/mol. The maximum Gasteiger partial charge on any atom is 0.408 e. The minimum Gasteiger partial charge on any atom is -0.444 e. The van der Waals surface area contributed by atoms with Crippen molar-refractivity contribution < 1.29 is 19.1 Å². The van der Waals surface area contributed by atoms with Crippen LogP contribution in [-0.4, -0.2) is 40.0 Å². The average molecular weight is 606 g/mol. The van der Waals surface area contributed by atoms with Crippen molar-refractivity contribution in [3.8, 4) is 0 Å². The Balaban J connectivity index is 2.15. The lowest BCUT2D eigenvalue weighted by molar-refractivity contribution is -0.146. The van der Waals surface area contributed by atoms with E-state index in [0.29, 0.717) is 16.3 Å². The number of aryl methyl sites for hydroxylation is 3. The van der Waals surface area contributed by atoms with E-state index in [1.807, 2.05) is 102 Å². The number of hydrogen-bond acceptors (Lipinski definition) is 4. The van der Waals surface area contributed by atoms with Crippen LogP contribution in [0.1, 0.15) is 75.4 Å². The summed E-state index contributed by atoms with van der Waals surface area (Å²) in [6.45, 7) is 16.7. The van der Waals surface area contributed by atoms with Crippen LogP contribution in [0.2, 0.25) is 5.02 Å². The van der Waals surface area contributed by atoms with E-state index in [1.54, 1.807) is 31.7 Å². The van der Waals surface area contributed by atoms with Crippen LogP contribution in [0.4, 0.5) is 10.5 Å². The van der Waals surface area contributed by atoms with E-state index in [1.165, 1.54) is 0 Å². The normalized spacial score (nSPS) is 13.1. The molecule has 2 N–H and O–H groups in total. The molecule has 0 bridgehead atoms. The largest absolute Gasteiger partial charge is 0.444 e. The minimum atomic E-state index is -1.04. The van der Waals surface area contributed by atoms with Crippen molar-refractivity contribution in [1.82, 2.24) is 10.2 Å². The van der Waals surface area contributed by atoms with Gasteiger partial charge in [0.2, 0.25) is 5.91 Å². The molecule has 0 aliphatic heterocycles. The quantitative estimate of drug-likeness (QED) is 0.275. The fourth-order valence-corrected chi connectivity index (χ4v) is 5.12. The predicted octanol–water partition coefficient (Wildman–Crippen LogP) is 7.71. The molecule has 3 amide bonds. The summed E-state index contributed by atoms with van der Waals surface area (Å²) in [5.74, 6) is -0.838. The summed E-state index contributed by atoms with van der Waals surface area (Å²) in [6, 6.07) is 18.5. The van der Waals surface area contributed by atoms with Crippen LogP contribution in [-0.2, 0) is 20.7 Å². The Hall–Kier alpha value is -3.84. The van der Waals surface area contributed by atoms with Crippen molar-refractivity contribution in [1.29, 1.82) is 0 Å². The first-order chi connectivity index (χ1) is 20.0. The first-order valence-corrected chi connectivity index (χ1v) is 14.9. The number of halogens is 1. The molecule has 0 saturated carbocycles. The van der Waals surface area contributed by atoms with Crippen LogP contribution in [0.3, 0.4) is 0 Å². The zero-order chi connectivity index (χ0) is 32.1. The third-order valence-electron chi connectivity index (χ3n) is 7.06. The van der Waals surface area contributed by atoms with Gasteiger partial charge in [-0.2, -0.15) is 0 Å². The molecule has 7 nitrogen and oxygen atoms in total. The molecular formula is C35H44ClN3O4. The average Bonchev–Trinajstić information content (AvgIpc) is 2.89. The minimum absolute atomic E-state index is 0.205. The Morgan fingerprint density at radius 3 is 2.05 bits per heavy atom. The Bertz CT molecular complexity index is 1440. The highest BCUT2D eigenvalue weighted by Crippen LogP contribution is 2.34. The van der Waals surface area contributed by atoms with Crippen LogP contribution in [0.15, 0.2) is 66.7 Å². The molecule has 3 aromatic rings. The second-order valence-electron chi connectivity index (χ2n) is 12.9. The Morgan fingerprint density at radius 2 is 1.49 bits per heavy atom. The van der Waals surface area contributed by atoms with E-state index in [4.69, 9.17) is 16.3 Å². The zero-order valence-corrected chi connectivity index (χ0v) is 27.4. The van der Waals surface area contributed by atoms with Gasteiger partial charge in [-0.1, -0.05) is 72.3 Å². The van der Waals surface area contributed by atoms with Gasteiger partial charge in [-0.05, 0) is 96.2 Å². The summed E-state index contributed by atoms with van der Waals surface area (Å²) in [4.78, 5) is 43.6. The smallest absolute Gasteiger partial charge is 0.408 e. The van der Waals surface area contributed by atoms with E-state index < -0.39 is 41.1 Å². The second-order valence-corrected chi connectivity index (χ2v) is 13.3. The summed E-state index contributed by atoms with van der Waals surface area (Å²) < 4.78 is 5.53. The van der Waals surface area contributed by atoms with Crippen molar-refractivity contribution in [2.75, 3.05) is 5.32 Å². The molecule has 230 valence electrons. The van der Waals surface area contributed by atoms with E-state index >= 15 is 0 Å².